The first-order valence-corrected chi connectivity index (χ1v) is 11.8. The van der Waals surface area contributed by atoms with Crippen LogP contribution < -0.4 is 18.9 Å². The highest BCUT2D eigenvalue weighted by atomic mass is 32.2. The Morgan fingerprint density at radius 2 is 1.59 bits per heavy atom. The fourth-order valence-electron chi connectivity index (χ4n) is 3.26. The Kier molecular flexibility index (Phi) is 7.89. The number of hydrogen-bond donors (Lipinski definition) is 1. The van der Waals surface area contributed by atoms with Crippen LogP contribution in [-0.2, 0) is 21.4 Å². The molecule has 1 aromatic carbocycles. The van der Waals surface area contributed by atoms with Crippen LogP contribution in [0.4, 0.5) is 5.95 Å². The lowest BCUT2D eigenvalue weighted by atomic mass is 10.1. The summed E-state index contributed by atoms with van der Waals surface area (Å²) in [4.78, 5) is 8.44. The maximum absolute atomic E-state index is 13.3. The minimum Gasteiger partial charge on any atom is -0.494 e. The number of anilines is 1. The summed E-state index contributed by atoms with van der Waals surface area (Å²) in [7, 11) is 2.05. The number of ether oxygens (including phenoxy) is 4. The summed E-state index contributed by atoms with van der Waals surface area (Å²) in [6.07, 6.45) is 2.99. The zero-order chi connectivity index (χ0) is 24.9. The molecule has 0 aliphatic rings. The van der Waals surface area contributed by atoms with Gasteiger partial charge in [-0.3, -0.25) is 9.29 Å². The van der Waals surface area contributed by atoms with Crippen LogP contribution in [0.5, 0.6) is 17.2 Å². The Labute approximate surface area is 198 Å². The van der Waals surface area contributed by atoms with E-state index in [0.717, 1.165) is 0 Å². The summed E-state index contributed by atoms with van der Waals surface area (Å²) in [6, 6.07) is 5.20. The fourth-order valence-corrected chi connectivity index (χ4v) is 4.49. The van der Waals surface area contributed by atoms with E-state index < -0.39 is 21.2 Å². The molecule has 1 N–H and O–H groups in total. The van der Waals surface area contributed by atoms with Crippen LogP contribution in [0.25, 0.3) is 5.69 Å². The van der Waals surface area contributed by atoms with Crippen molar-refractivity contribution in [3.8, 4) is 22.9 Å². The highest BCUT2D eigenvalue weighted by Crippen LogP contribution is 2.36. The standard InChI is InChI=1S/C21H28N6O6S/c1-13(20-22-10-15(31-4)11-23-20)14(2)34(28,29)26-21-25-24-18(12-30-3)27(21)19-16(32-5)8-7-9-17(19)33-6/h7-11,13-14H,12H2,1-6H3,(H,25,26). The summed E-state index contributed by atoms with van der Waals surface area (Å²) in [5.41, 5.74) is 0.432. The minimum atomic E-state index is -3.95. The predicted molar refractivity (Wildman–Crippen MR) is 124 cm³/mol. The molecule has 0 spiro atoms. The number of nitrogens with one attached hydrogen (secondary N) is 1. The van der Waals surface area contributed by atoms with E-state index in [9.17, 15) is 8.42 Å². The van der Waals surface area contributed by atoms with E-state index in [1.54, 1.807) is 32.0 Å². The number of rotatable bonds is 11. The van der Waals surface area contributed by atoms with Gasteiger partial charge in [0, 0.05) is 13.0 Å². The molecule has 0 bridgehead atoms. The van der Waals surface area contributed by atoms with Crippen molar-refractivity contribution in [2.45, 2.75) is 31.6 Å². The van der Waals surface area contributed by atoms with Crippen molar-refractivity contribution in [3.05, 3.63) is 42.2 Å². The summed E-state index contributed by atoms with van der Waals surface area (Å²) in [5.74, 6) is 1.50. The Morgan fingerprint density at radius 1 is 0.971 bits per heavy atom. The lowest BCUT2D eigenvalue weighted by molar-refractivity contribution is 0.176. The van der Waals surface area contributed by atoms with Gasteiger partial charge in [-0.2, -0.15) is 0 Å². The van der Waals surface area contributed by atoms with Gasteiger partial charge in [-0.05, 0) is 19.1 Å². The molecule has 13 heteroatoms. The molecule has 0 saturated carbocycles. The molecule has 2 aromatic heterocycles. The third-order valence-corrected chi connectivity index (χ3v) is 7.20. The van der Waals surface area contributed by atoms with E-state index in [1.807, 2.05) is 0 Å². The van der Waals surface area contributed by atoms with Gasteiger partial charge in [0.2, 0.25) is 16.0 Å². The SMILES string of the molecule is COCc1nnc(NS(=O)(=O)C(C)C(C)c2ncc(OC)cn2)n1-c1c(OC)cccc1OC. The molecule has 34 heavy (non-hydrogen) atoms. The zero-order valence-corrected chi connectivity index (χ0v) is 20.7. The number of aromatic nitrogens is 5. The average molecular weight is 493 g/mol. The monoisotopic (exact) mass is 492 g/mol. The number of para-hydroxylation sites is 1. The molecule has 0 amide bonds. The van der Waals surface area contributed by atoms with E-state index in [0.29, 0.717) is 34.6 Å². The van der Waals surface area contributed by atoms with Crippen molar-refractivity contribution in [1.82, 2.24) is 24.7 Å². The second-order valence-corrected chi connectivity index (χ2v) is 9.38. The van der Waals surface area contributed by atoms with Gasteiger partial charge in [-0.1, -0.05) is 13.0 Å². The number of benzene rings is 1. The molecule has 0 radical (unpaired) electrons. The normalized spacial score (nSPS) is 13.2. The highest BCUT2D eigenvalue weighted by Gasteiger charge is 2.32. The van der Waals surface area contributed by atoms with Crippen LogP contribution in [-0.4, -0.2) is 66.8 Å². The van der Waals surface area contributed by atoms with Gasteiger partial charge in [0.05, 0.1) is 39.0 Å². The Bertz CT molecular complexity index is 1190. The van der Waals surface area contributed by atoms with Gasteiger partial charge in [0.15, 0.2) is 11.6 Å². The van der Waals surface area contributed by atoms with Crippen LogP contribution in [0.2, 0.25) is 0 Å². The molecule has 3 rings (SSSR count). The van der Waals surface area contributed by atoms with Crippen LogP contribution in [0.3, 0.4) is 0 Å². The van der Waals surface area contributed by atoms with Gasteiger partial charge in [-0.25, -0.2) is 18.4 Å². The second kappa shape index (κ2) is 10.7. The summed E-state index contributed by atoms with van der Waals surface area (Å²) in [5, 5.41) is 7.27. The van der Waals surface area contributed by atoms with Crippen LogP contribution >= 0.6 is 0 Å². The van der Waals surface area contributed by atoms with Crippen molar-refractivity contribution < 1.29 is 27.4 Å². The van der Waals surface area contributed by atoms with E-state index in [1.165, 1.54) is 45.4 Å². The van der Waals surface area contributed by atoms with Crippen molar-refractivity contribution in [3.63, 3.8) is 0 Å². The molecule has 2 unspecified atom stereocenters. The molecule has 0 fully saturated rings. The first-order chi connectivity index (χ1) is 16.3. The van der Waals surface area contributed by atoms with Crippen LogP contribution in [0, 0.1) is 0 Å². The van der Waals surface area contributed by atoms with Gasteiger partial charge in [0.1, 0.15) is 29.6 Å². The van der Waals surface area contributed by atoms with Gasteiger partial charge >= 0.3 is 0 Å². The van der Waals surface area contributed by atoms with Crippen molar-refractivity contribution in [1.29, 1.82) is 0 Å². The molecular weight excluding hydrogens is 464 g/mol. The maximum atomic E-state index is 13.3. The first-order valence-electron chi connectivity index (χ1n) is 10.3. The quantitative estimate of drug-likeness (QED) is 0.423. The zero-order valence-electron chi connectivity index (χ0n) is 19.8. The molecule has 2 atom stereocenters. The molecule has 0 aliphatic heterocycles. The summed E-state index contributed by atoms with van der Waals surface area (Å²) in [6.45, 7) is 3.37. The first kappa shape index (κ1) is 25.2. The summed E-state index contributed by atoms with van der Waals surface area (Å²) >= 11 is 0. The second-order valence-electron chi connectivity index (χ2n) is 7.34. The smallest absolute Gasteiger partial charge is 0.243 e. The molecule has 184 valence electrons. The topological polar surface area (TPSA) is 140 Å². The molecule has 0 saturated heterocycles. The van der Waals surface area contributed by atoms with E-state index in [-0.39, 0.29) is 12.6 Å². The third kappa shape index (κ3) is 5.04. The lowest BCUT2D eigenvalue weighted by Crippen LogP contribution is -2.31. The molecule has 3 aromatic rings. The predicted octanol–water partition coefficient (Wildman–Crippen LogP) is 2.16. The highest BCUT2D eigenvalue weighted by molar-refractivity contribution is 7.93. The number of hydrogen-bond acceptors (Lipinski definition) is 10. The van der Waals surface area contributed by atoms with Gasteiger partial charge in [-0.15, -0.1) is 10.2 Å². The minimum absolute atomic E-state index is 0.0375. The van der Waals surface area contributed by atoms with E-state index in [2.05, 4.69) is 24.9 Å². The number of methoxy groups -OCH3 is 4. The Balaban J connectivity index is 2.01. The largest absolute Gasteiger partial charge is 0.494 e. The molecule has 2 heterocycles. The van der Waals surface area contributed by atoms with E-state index in [4.69, 9.17) is 18.9 Å². The Morgan fingerprint density at radius 3 is 2.12 bits per heavy atom. The molecule has 0 aliphatic carbocycles. The molecular formula is C21H28N6O6S. The van der Waals surface area contributed by atoms with E-state index >= 15 is 0 Å². The average Bonchev–Trinajstić information content (AvgIpc) is 3.23. The maximum Gasteiger partial charge on any atom is 0.243 e. The van der Waals surface area contributed by atoms with Gasteiger partial charge in [0.25, 0.3) is 0 Å². The van der Waals surface area contributed by atoms with Crippen LogP contribution in [0.1, 0.15) is 31.4 Å². The van der Waals surface area contributed by atoms with Crippen LogP contribution in [0.15, 0.2) is 30.6 Å². The molecule has 12 nitrogen and oxygen atoms in total. The van der Waals surface area contributed by atoms with Gasteiger partial charge < -0.3 is 18.9 Å². The Hall–Kier alpha value is -3.45. The number of sulfonamides is 1. The van der Waals surface area contributed by atoms with Crippen molar-refractivity contribution in [2.24, 2.45) is 0 Å². The van der Waals surface area contributed by atoms with Crippen molar-refractivity contribution in [2.75, 3.05) is 33.2 Å². The fraction of sp³-hybridized carbons (Fsp3) is 0.429. The van der Waals surface area contributed by atoms with Crippen molar-refractivity contribution >= 4 is 16.0 Å². The third-order valence-electron chi connectivity index (χ3n) is 5.35. The lowest BCUT2D eigenvalue weighted by Gasteiger charge is -2.21. The summed E-state index contributed by atoms with van der Waals surface area (Å²) < 4.78 is 52.0. The number of nitrogens with zero attached hydrogens (tertiary/aromatic N) is 5.